The molecule has 0 spiro atoms. The minimum absolute atomic E-state index is 0.482. The van der Waals surface area contributed by atoms with Crippen LogP contribution in [0.1, 0.15) is 19.8 Å². The Labute approximate surface area is 68.3 Å². The highest BCUT2D eigenvalue weighted by atomic mass is 16.5. The third-order valence-electron chi connectivity index (χ3n) is 1.99. The fourth-order valence-corrected chi connectivity index (χ4v) is 1.31. The molecule has 0 amide bonds. The van der Waals surface area contributed by atoms with Gasteiger partial charge in [0.25, 0.3) is 0 Å². The van der Waals surface area contributed by atoms with E-state index in [4.69, 9.17) is 11.2 Å². The van der Waals surface area contributed by atoms with E-state index in [0.29, 0.717) is 18.7 Å². The van der Waals surface area contributed by atoms with Gasteiger partial charge in [0.05, 0.1) is 12.6 Å². The molecule has 1 aliphatic carbocycles. The van der Waals surface area contributed by atoms with Crippen molar-refractivity contribution in [3.63, 3.8) is 0 Å². The molecule has 1 fully saturated rings. The van der Waals surface area contributed by atoms with Crippen LogP contribution in [0.4, 0.5) is 0 Å². The summed E-state index contributed by atoms with van der Waals surface area (Å²) in [4.78, 5) is 0. The Balaban J connectivity index is 1.97. The standard InChI is InChI=1S/C9H15NO/c1-3-5-10-8-6-9(7-8)11-4-2/h1,8-10H,4-7H2,2H3. The van der Waals surface area contributed by atoms with Gasteiger partial charge in [0.1, 0.15) is 0 Å². The van der Waals surface area contributed by atoms with Gasteiger partial charge in [-0.25, -0.2) is 0 Å². The van der Waals surface area contributed by atoms with Gasteiger partial charge in [-0.05, 0) is 19.8 Å². The second-order valence-electron chi connectivity index (χ2n) is 2.83. The van der Waals surface area contributed by atoms with Crippen molar-refractivity contribution < 1.29 is 4.74 Å². The normalized spacial score (nSPS) is 29.1. The second kappa shape index (κ2) is 4.38. The van der Waals surface area contributed by atoms with E-state index < -0.39 is 0 Å². The number of ether oxygens (including phenoxy) is 1. The van der Waals surface area contributed by atoms with Crippen molar-refractivity contribution in [2.24, 2.45) is 0 Å². The number of hydrogen-bond acceptors (Lipinski definition) is 2. The molecular formula is C9H15NO. The van der Waals surface area contributed by atoms with Crippen LogP contribution in [0.3, 0.4) is 0 Å². The summed E-state index contributed by atoms with van der Waals surface area (Å²) in [6.07, 6.45) is 7.83. The van der Waals surface area contributed by atoms with Gasteiger partial charge >= 0.3 is 0 Å². The van der Waals surface area contributed by atoms with Crippen LogP contribution in [0.5, 0.6) is 0 Å². The summed E-state index contributed by atoms with van der Waals surface area (Å²) in [6.45, 7) is 3.54. The van der Waals surface area contributed by atoms with Crippen LogP contribution in [0.25, 0.3) is 0 Å². The molecule has 0 bridgehead atoms. The fourth-order valence-electron chi connectivity index (χ4n) is 1.31. The van der Waals surface area contributed by atoms with Gasteiger partial charge in [-0.15, -0.1) is 6.42 Å². The molecule has 0 aromatic carbocycles. The topological polar surface area (TPSA) is 21.3 Å². The molecule has 0 aromatic heterocycles. The smallest absolute Gasteiger partial charge is 0.0604 e. The lowest BCUT2D eigenvalue weighted by molar-refractivity contribution is -0.00887. The highest BCUT2D eigenvalue weighted by molar-refractivity contribution is 4.92. The molecule has 0 heterocycles. The molecule has 0 atom stereocenters. The molecule has 1 saturated carbocycles. The first kappa shape index (κ1) is 8.58. The van der Waals surface area contributed by atoms with E-state index in [2.05, 4.69) is 11.2 Å². The molecule has 62 valence electrons. The zero-order chi connectivity index (χ0) is 8.10. The second-order valence-corrected chi connectivity index (χ2v) is 2.83. The van der Waals surface area contributed by atoms with Crippen molar-refractivity contribution in [3.8, 4) is 12.3 Å². The van der Waals surface area contributed by atoms with Crippen molar-refractivity contribution in [1.82, 2.24) is 5.32 Å². The van der Waals surface area contributed by atoms with Gasteiger partial charge in [-0.2, -0.15) is 0 Å². The number of nitrogens with one attached hydrogen (secondary N) is 1. The van der Waals surface area contributed by atoms with Gasteiger partial charge in [0.2, 0.25) is 0 Å². The lowest BCUT2D eigenvalue weighted by atomic mass is 9.89. The molecule has 1 aliphatic rings. The Morgan fingerprint density at radius 3 is 2.91 bits per heavy atom. The van der Waals surface area contributed by atoms with Crippen molar-refractivity contribution in [1.29, 1.82) is 0 Å². The van der Waals surface area contributed by atoms with Crippen LogP contribution in [0, 0.1) is 12.3 Å². The lowest BCUT2D eigenvalue weighted by Gasteiger charge is -2.35. The van der Waals surface area contributed by atoms with Crippen LogP contribution >= 0.6 is 0 Å². The Morgan fingerprint density at radius 1 is 1.64 bits per heavy atom. The van der Waals surface area contributed by atoms with E-state index in [1.54, 1.807) is 0 Å². The predicted molar refractivity (Wildman–Crippen MR) is 45.3 cm³/mol. The number of terminal acetylenes is 1. The highest BCUT2D eigenvalue weighted by Crippen LogP contribution is 2.22. The first-order valence-corrected chi connectivity index (χ1v) is 4.15. The summed E-state index contributed by atoms with van der Waals surface area (Å²) in [7, 11) is 0. The maximum absolute atomic E-state index is 5.40. The Morgan fingerprint density at radius 2 is 2.36 bits per heavy atom. The largest absolute Gasteiger partial charge is 0.378 e. The number of hydrogen-bond donors (Lipinski definition) is 1. The van der Waals surface area contributed by atoms with Gasteiger partial charge in [-0.1, -0.05) is 5.92 Å². The summed E-state index contributed by atoms with van der Waals surface area (Å²) in [5, 5.41) is 3.24. The predicted octanol–water partition coefficient (Wildman–Crippen LogP) is 0.777. The maximum atomic E-state index is 5.40. The molecule has 11 heavy (non-hydrogen) atoms. The molecule has 0 aliphatic heterocycles. The molecule has 1 N–H and O–H groups in total. The van der Waals surface area contributed by atoms with Crippen molar-refractivity contribution in [3.05, 3.63) is 0 Å². The molecule has 2 heteroatoms. The average molecular weight is 153 g/mol. The van der Waals surface area contributed by atoms with E-state index in [1.165, 1.54) is 0 Å². The molecule has 0 saturated heterocycles. The van der Waals surface area contributed by atoms with Crippen LogP contribution < -0.4 is 5.32 Å². The third-order valence-corrected chi connectivity index (χ3v) is 1.99. The van der Waals surface area contributed by atoms with Crippen LogP contribution in [-0.4, -0.2) is 25.3 Å². The van der Waals surface area contributed by atoms with Crippen molar-refractivity contribution >= 4 is 0 Å². The van der Waals surface area contributed by atoms with E-state index in [-0.39, 0.29) is 0 Å². The van der Waals surface area contributed by atoms with Crippen LogP contribution in [-0.2, 0) is 4.74 Å². The molecule has 0 aromatic rings. The first-order chi connectivity index (χ1) is 5.36. The molecule has 2 nitrogen and oxygen atoms in total. The Hall–Kier alpha value is -0.520. The zero-order valence-corrected chi connectivity index (χ0v) is 6.97. The molecule has 0 unspecified atom stereocenters. The Kier molecular flexibility index (Phi) is 3.41. The maximum Gasteiger partial charge on any atom is 0.0604 e. The van der Waals surface area contributed by atoms with Gasteiger partial charge < -0.3 is 10.1 Å². The van der Waals surface area contributed by atoms with Crippen LogP contribution in [0.2, 0.25) is 0 Å². The van der Waals surface area contributed by atoms with E-state index in [0.717, 1.165) is 19.4 Å². The summed E-state index contributed by atoms with van der Waals surface area (Å²) >= 11 is 0. The van der Waals surface area contributed by atoms with Gasteiger partial charge in [0.15, 0.2) is 0 Å². The molecular weight excluding hydrogens is 138 g/mol. The summed E-state index contributed by atoms with van der Waals surface area (Å²) in [5.74, 6) is 2.56. The van der Waals surface area contributed by atoms with Crippen molar-refractivity contribution in [2.45, 2.75) is 31.9 Å². The molecule has 1 rings (SSSR count). The zero-order valence-electron chi connectivity index (χ0n) is 6.97. The van der Waals surface area contributed by atoms with E-state index in [9.17, 15) is 0 Å². The van der Waals surface area contributed by atoms with E-state index in [1.807, 2.05) is 6.92 Å². The summed E-state index contributed by atoms with van der Waals surface area (Å²) in [6, 6.07) is 0.600. The molecule has 0 radical (unpaired) electrons. The first-order valence-electron chi connectivity index (χ1n) is 4.15. The van der Waals surface area contributed by atoms with Crippen LogP contribution in [0.15, 0.2) is 0 Å². The summed E-state index contributed by atoms with van der Waals surface area (Å²) < 4.78 is 5.40. The highest BCUT2D eigenvalue weighted by Gasteiger charge is 2.28. The number of rotatable bonds is 4. The van der Waals surface area contributed by atoms with Gasteiger partial charge in [-0.3, -0.25) is 0 Å². The third kappa shape index (κ3) is 2.53. The fraction of sp³-hybridized carbons (Fsp3) is 0.778. The minimum Gasteiger partial charge on any atom is -0.378 e. The Bertz CT molecular complexity index is 144. The van der Waals surface area contributed by atoms with Gasteiger partial charge in [0, 0.05) is 12.6 Å². The van der Waals surface area contributed by atoms with E-state index >= 15 is 0 Å². The lowest BCUT2D eigenvalue weighted by Crippen LogP contribution is -2.45. The minimum atomic E-state index is 0.482. The summed E-state index contributed by atoms with van der Waals surface area (Å²) in [5.41, 5.74) is 0. The SMILES string of the molecule is C#CCNC1CC(OCC)C1. The average Bonchev–Trinajstić information content (AvgIpc) is 1.94. The monoisotopic (exact) mass is 153 g/mol. The van der Waals surface area contributed by atoms with Crippen molar-refractivity contribution in [2.75, 3.05) is 13.2 Å². The quantitative estimate of drug-likeness (QED) is 0.602.